The number of nitrogens with one attached hydrogen (secondary N) is 1. The summed E-state index contributed by atoms with van der Waals surface area (Å²) < 4.78 is 1.54. The van der Waals surface area contributed by atoms with Crippen LogP contribution < -0.4 is 10.5 Å². The zero-order valence-corrected chi connectivity index (χ0v) is 16.0. The molecule has 1 amide bonds. The van der Waals surface area contributed by atoms with Crippen LogP contribution in [0.15, 0.2) is 59.9 Å². The molecule has 0 radical (unpaired) electrons. The van der Waals surface area contributed by atoms with Crippen LogP contribution in [0, 0.1) is 0 Å². The van der Waals surface area contributed by atoms with Gasteiger partial charge in [-0.15, -0.1) is 10.2 Å². The Hall–Kier alpha value is -4.08. The molecule has 0 saturated carbocycles. The van der Waals surface area contributed by atoms with Crippen molar-refractivity contribution in [2.45, 2.75) is 0 Å². The Bertz CT molecular complexity index is 1240. The molecule has 1 saturated heterocycles. The third kappa shape index (κ3) is 3.28. The minimum atomic E-state index is -0.279. The largest absolute Gasteiger partial charge is 0.352 e. The number of carbonyl (C=O) groups is 1. The second-order valence-electron chi connectivity index (χ2n) is 6.96. The second-order valence-corrected chi connectivity index (χ2v) is 6.96. The van der Waals surface area contributed by atoms with Gasteiger partial charge in [-0.05, 0) is 18.2 Å². The zero-order valence-electron chi connectivity index (χ0n) is 16.0. The van der Waals surface area contributed by atoms with Crippen LogP contribution in [0.3, 0.4) is 0 Å². The first-order valence-corrected chi connectivity index (χ1v) is 9.54. The summed E-state index contributed by atoms with van der Waals surface area (Å²) in [5.74, 6) is 1.20. The Labute approximate surface area is 170 Å². The monoisotopic (exact) mass is 402 g/mol. The Morgan fingerprint density at radius 3 is 2.47 bits per heavy atom. The number of aromatic amines is 1. The van der Waals surface area contributed by atoms with Crippen molar-refractivity contribution in [2.24, 2.45) is 0 Å². The fraction of sp³-hybridized carbons (Fsp3) is 0.200. The molecular formula is C20H18N8O2. The fourth-order valence-corrected chi connectivity index (χ4v) is 3.63. The number of H-pyrrole nitrogens is 1. The van der Waals surface area contributed by atoms with Gasteiger partial charge in [0.25, 0.3) is 5.91 Å². The van der Waals surface area contributed by atoms with Crippen LogP contribution >= 0.6 is 0 Å². The van der Waals surface area contributed by atoms with Crippen LogP contribution in [-0.2, 0) is 0 Å². The smallest absolute Gasteiger partial charge is 0.254 e. The lowest BCUT2D eigenvalue weighted by Crippen LogP contribution is -2.49. The van der Waals surface area contributed by atoms with Crippen LogP contribution in [0.1, 0.15) is 10.4 Å². The van der Waals surface area contributed by atoms with Crippen LogP contribution in [0.2, 0.25) is 0 Å². The van der Waals surface area contributed by atoms with Crippen molar-refractivity contribution in [3.63, 3.8) is 0 Å². The summed E-state index contributed by atoms with van der Waals surface area (Å²) in [5, 5.41) is 13.3. The number of nitrogens with zero attached hydrogens (tertiary/aromatic N) is 7. The van der Waals surface area contributed by atoms with Crippen LogP contribution in [-0.4, -0.2) is 66.9 Å². The van der Waals surface area contributed by atoms with Crippen molar-refractivity contribution >= 4 is 22.6 Å². The van der Waals surface area contributed by atoms with E-state index in [0.717, 1.165) is 11.2 Å². The maximum atomic E-state index is 13.1. The number of carbonyl (C=O) groups excluding carboxylic acids is 1. The molecule has 1 aliphatic heterocycles. The maximum absolute atomic E-state index is 13.1. The highest BCUT2D eigenvalue weighted by Gasteiger charge is 2.24. The Kier molecular flexibility index (Phi) is 4.43. The summed E-state index contributed by atoms with van der Waals surface area (Å²) in [6, 6.07) is 12.4. The van der Waals surface area contributed by atoms with Gasteiger partial charge >= 0.3 is 0 Å². The van der Waals surface area contributed by atoms with E-state index in [1.807, 2.05) is 30.3 Å². The van der Waals surface area contributed by atoms with Gasteiger partial charge in [0.2, 0.25) is 5.56 Å². The van der Waals surface area contributed by atoms with E-state index < -0.39 is 0 Å². The van der Waals surface area contributed by atoms with Crippen LogP contribution in [0.4, 0.5) is 5.82 Å². The number of pyridine rings is 1. The highest BCUT2D eigenvalue weighted by molar-refractivity contribution is 6.06. The average Bonchev–Trinajstić information content (AvgIpc) is 3.33. The minimum Gasteiger partial charge on any atom is -0.352 e. The van der Waals surface area contributed by atoms with Gasteiger partial charge in [-0.1, -0.05) is 18.2 Å². The number of aromatic nitrogens is 6. The fourth-order valence-electron chi connectivity index (χ4n) is 3.63. The molecule has 30 heavy (non-hydrogen) atoms. The number of fused-ring (bicyclic) bond motifs is 1. The number of piperazine rings is 1. The molecule has 150 valence electrons. The number of rotatable bonds is 3. The first-order valence-electron chi connectivity index (χ1n) is 9.54. The molecular weight excluding hydrogens is 384 g/mol. The maximum Gasteiger partial charge on any atom is 0.254 e. The quantitative estimate of drug-likeness (QED) is 0.541. The first kappa shape index (κ1) is 18.0. The third-order valence-electron chi connectivity index (χ3n) is 5.16. The molecule has 0 atom stereocenters. The predicted octanol–water partition coefficient (Wildman–Crippen LogP) is 0.861. The molecule has 4 heterocycles. The molecule has 0 aliphatic carbocycles. The van der Waals surface area contributed by atoms with Gasteiger partial charge in [0.15, 0.2) is 11.6 Å². The number of hydrogen-bond donors (Lipinski definition) is 1. The third-order valence-corrected chi connectivity index (χ3v) is 5.16. The summed E-state index contributed by atoms with van der Waals surface area (Å²) >= 11 is 0. The second kappa shape index (κ2) is 7.39. The van der Waals surface area contributed by atoms with Crippen molar-refractivity contribution in [3.05, 3.63) is 71.0 Å². The summed E-state index contributed by atoms with van der Waals surface area (Å²) in [7, 11) is 0. The lowest BCUT2D eigenvalue weighted by Gasteiger charge is -2.35. The minimum absolute atomic E-state index is 0.135. The lowest BCUT2D eigenvalue weighted by atomic mass is 10.1. The van der Waals surface area contributed by atoms with E-state index >= 15 is 0 Å². The molecule has 1 N–H and O–H groups in total. The van der Waals surface area contributed by atoms with Crippen molar-refractivity contribution in [1.82, 2.24) is 34.8 Å². The highest BCUT2D eigenvalue weighted by atomic mass is 16.2. The molecule has 5 rings (SSSR count). The van der Waals surface area contributed by atoms with Crippen molar-refractivity contribution in [1.29, 1.82) is 0 Å². The van der Waals surface area contributed by atoms with Gasteiger partial charge in [-0.2, -0.15) is 5.10 Å². The Balaban J connectivity index is 1.30. The predicted molar refractivity (Wildman–Crippen MR) is 110 cm³/mol. The van der Waals surface area contributed by atoms with Crippen LogP contribution in [0.25, 0.3) is 16.7 Å². The van der Waals surface area contributed by atoms with E-state index in [9.17, 15) is 9.59 Å². The van der Waals surface area contributed by atoms with E-state index in [-0.39, 0.29) is 11.5 Å². The number of benzene rings is 1. The van der Waals surface area contributed by atoms with E-state index in [1.165, 1.54) is 12.4 Å². The number of amides is 1. The molecule has 0 unspecified atom stereocenters. The lowest BCUT2D eigenvalue weighted by molar-refractivity contribution is 0.0748. The van der Waals surface area contributed by atoms with Gasteiger partial charge in [0.1, 0.15) is 12.7 Å². The average molecular weight is 402 g/mol. The Morgan fingerprint density at radius 1 is 0.967 bits per heavy atom. The Morgan fingerprint density at radius 2 is 1.73 bits per heavy atom. The summed E-state index contributed by atoms with van der Waals surface area (Å²) in [6.07, 6.45) is 3.00. The summed E-state index contributed by atoms with van der Waals surface area (Å²) in [6.45, 7) is 2.33. The highest BCUT2D eigenvalue weighted by Crippen LogP contribution is 2.19. The van der Waals surface area contributed by atoms with Gasteiger partial charge in [0, 0.05) is 43.1 Å². The molecule has 0 spiro atoms. The van der Waals surface area contributed by atoms with Gasteiger partial charge in [0.05, 0.1) is 5.56 Å². The van der Waals surface area contributed by atoms with Gasteiger partial charge in [-0.25, -0.2) is 9.67 Å². The molecule has 1 aromatic carbocycles. The van der Waals surface area contributed by atoms with E-state index in [1.54, 1.807) is 22.0 Å². The molecule has 10 nitrogen and oxygen atoms in total. The normalized spacial score (nSPS) is 14.3. The number of para-hydroxylation sites is 1. The standard InChI is InChI=1S/C20H18N8O2/c29-19-11-15(14-3-1-2-4-16(14)23-19)20(30)27-9-7-26(8-10-27)17-5-6-18(25-24-17)28-13-21-12-22-28/h1-6,11-13H,7-10H2,(H,23,29). The van der Waals surface area contributed by atoms with E-state index in [2.05, 4.69) is 30.2 Å². The zero-order chi connectivity index (χ0) is 20.5. The summed E-state index contributed by atoms with van der Waals surface area (Å²) in [4.78, 5) is 35.6. The van der Waals surface area contributed by atoms with E-state index in [4.69, 9.17) is 0 Å². The molecule has 4 aromatic rings. The molecule has 3 aromatic heterocycles. The summed E-state index contributed by atoms with van der Waals surface area (Å²) in [5.41, 5.74) is 0.813. The topological polar surface area (TPSA) is 113 Å². The molecule has 10 heteroatoms. The van der Waals surface area contributed by atoms with Crippen molar-refractivity contribution in [2.75, 3.05) is 31.1 Å². The van der Waals surface area contributed by atoms with Gasteiger partial charge in [-0.3, -0.25) is 9.59 Å². The molecule has 1 aliphatic rings. The number of anilines is 1. The first-order chi connectivity index (χ1) is 14.7. The van der Waals surface area contributed by atoms with Crippen molar-refractivity contribution in [3.8, 4) is 5.82 Å². The van der Waals surface area contributed by atoms with Crippen molar-refractivity contribution < 1.29 is 4.79 Å². The SMILES string of the molecule is O=C(c1cc(=O)[nH]c2ccccc12)N1CCN(c2ccc(-n3cncn3)nn2)CC1. The van der Waals surface area contributed by atoms with Gasteiger partial charge < -0.3 is 14.8 Å². The molecule has 0 bridgehead atoms. The van der Waals surface area contributed by atoms with Crippen LogP contribution in [0.5, 0.6) is 0 Å². The number of hydrogen-bond acceptors (Lipinski definition) is 7. The molecule has 1 fully saturated rings. The van der Waals surface area contributed by atoms with E-state index in [0.29, 0.717) is 43.1 Å².